The first-order chi connectivity index (χ1) is 18.5. The Balaban J connectivity index is 1.38. The van der Waals surface area contributed by atoms with Crippen molar-refractivity contribution in [2.45, 2.75) is 11.3 Å². The molecule has 0 N–H and O–H groups in total. The average molecular weight is 534 g/mol. The Morgan fingerprint density at radius 1 is 0.895 bits per heavy atom. The van der Waals surface area contributed by atoms with Gasteiger partial charge in [-0.15, -0.1) is 0 Å². The summed E-state index contributed by atoms with van der Waals surface area (Å²) >= 11 is 0. The van der Waals surface area contributed by atoms with Gasteiger partial charge in [0.1, 0.15) is 5.75 Å². The molecule has 0 atom stereocenters. The molecule has 0 aromatic heterocycles. The van der Waals surface area contributed by atoms with E-state index in [1.54, 1.807) is 17.0 Å². The zero-order chi connectivity index (χ0) is 26.8. The number of sulfonamides is 1. The van der Waals surface area contributed by atoms with E-state index in [0.717, 1.165) is 30.8 Å². The smallest absolute Gasteiger partial charge is 0.243 e. The van der Waals surface area contributed by atoms with Crippen molar-refractivity contribution in [2.24, 2.45) is 0 Å². The number of piperazine rings is 1. The lowest BCUT2D eigenvalue weighted by Gasteiger charge is -2.35. The number of amides is 1. The van der Waals surface area contributed by atoms with Crippen LogP contribution in [-0.4, -0.2) is 81.4 Å². The molecule has 1 saturated heterocycles. The number of nitrogens with zero attached hydrogens (tertiary/aromatic N) is 3. The van der Waals surface area contributed by atoms with Crippen molar-refractivity contribution >= 4 is 22.0 Å². The Kier molecular flexibility index (Phi) is 9.70. The standard InChI is InChI=1S/C30H35N3O4S/c1-37-28-14-16-29(17-15-28)38(35,36)33(20-18-27-11-6-3-7-12-27)25-30(34)32-23-21-31(22-24-32)19-8-13-26-9-4-2-5-10-26/h2-17H,18-25H2,1H3/b13-8+. The van der Waals surface area contributed by atoms with Crippen LogP contribution in [0.15, 0.2) is 95.9 Å². The lowest BCUT2D eigenvalue weighted by atomic mass is 10.1. The Morgan fingerprint density at radius 3 is 2.16 bits per heavy atom. The van der Waals surface area contributed by atoms with E-state index in [4.69, 9.17) is 4.74 Å². The normalized spacial score (nSPS) is 14.7. The first kappa shape index (κ1) is 27.6. The molecule has 1 fully saturated rings. The second-order valence-corrected chi connectivity index (χ2v) is 11.2. The number of carbonyl (C=O) groups excluding carboxylic acids is 1. The van der Waals surface area contributed by atoms with Crippen LogP contribution in [-0.2, 0) is 21.2 Å². The molecule has 0 saturated carbocycles. The lowest BCUT2D eigenvalue weighted by molar-refractivity contribution is -0.133. The van der Waals surface area contributed by atoms with Crippen LogP contribution in [0, 0.1) is 0 Å². The summed E-state index contributed by atoms with van der Waals surface area (Å²) in [5.74, 6) is 0.405. The number of benzene rings is 3. The number of carbonyl (C=O) groups is 1. The fourth-order valence-corrected chi connectivity index (χ4v) is 5.80. The van der Waals surface area contributed by atoms with Crippen molar-refractivity contribution in [3.8, 4) is 5.75 Å². The van der Waals surface area contributed by atoms with Crippen LogP contribution in [0.25, 0.3) is 6.08 Å². The highest BCUT2D eigenvalue weighted by Gasteiger charge is 2.29. The molecule has 0 unspecified atom stereocenters. The Morgan fingerprint density at radius 2 is 1.53 bits per heavy atom. The van der Waals surface area contributed by atoms with Crippen LogP contribution in [0.3, 0.4) is 0 Å². The van der Waals surface area contributed by atoms with Crippen LogP contribution < -0.4 is 4.74 Å². The fourth-order valence-electron chi connectivity index (χ4n) is 4.41. The van der Waals surface area contributed by atoms with Gasteiger partial charge in [-0.3, -0.25) is 9.69 Å². The lowest BCUT2D eigenvalue weighted by Crippen LogP contribution is -2.51. The van der Waals surface area contributed by atoms with E-state index in [1.165, 1.54) is 23.5 Å². The quantitative estimate of drug-likeness (QED) is 0.375. The summed E-state index contributed by atoms with van der Waals surface area (Å²) in [5, 5.41) is 0. The van der Waals surface area contributed by atoms with Gasteiger partial charge in [0, 0.05) is 39.3 Å². The monoisotopic (exact) mass is 533 g/mol. The maximum Gasteiger partial charge on any atom is 0.243 e. The minimum Gasteiger partial charge on any atom is -0.497 e. The van der Waals surface area contributed by atoms with Crippen molar-refractivity contribution in [3.05, 3.63) is 102 Å². The molecule has 0 aliphatic carbocycles. The third kappa shape index (κ3) is 7.54. The van der Waals surface area contributed by atoms with Gasteiger partial charge in [-0.2, -0.15) is 4.31 Å². The third-order valence-electron chi connectivity index (χ3n) is 6.70. The fraction of sp³-hybridized carbons (Fsp3) is 0.300. The predicted octanol–water partition coefficient (Wildman–Crippen LogP) is 3.79. The molecule has 3 aromatic carbocycles. The summed E-state index contributed by atoms with van der Waals surface area (Å²) in [4.78, 5) is 17.5. The molecule has 0 spiro atoms. The molecule has 1 aliphatic heterocycles. The summed E-state index contributed by atoms with van der Waals surface area (Å²) in [6.07, 6.45) is 4.76. The third-order valence-corrected chi connectivity index (χ3v) is 8.56. The molecule has 200 valence electrons. The van der Waals surface area contributed by atoms with Crippen molar-refractivity contribution in [1.29, 1.82) is 0 Å². The summed E-state index contributed by atoms with van der Waals surface area (Å²) in [5.41, 5.74) is 2.18. The van der Waals surface area contributed by atoms with Gasteiger partial charge in [-0.05, 0) is 41.8 Å². The molecule has 0 bridgehead atoms. The highest BCUT2D eigenvalue weighted by atomic mass is 32.2. The molecular weight excluding hydrogens is 498 g/mol. The molecule has 1 heterocycles. The summed E-state index contributed by atoms with van der Waals surface area (Å²) in [7, 11) is -2.33. The minimum absolute atomic E-state index is 0.147. The number of methoxy groups -OCH3 is 1. The van der Waals surface area contributed by atoms with Crippen LogP contribution in [0.2, 0.25) is 0 Å². The van der Waals surface area contributed by atoms with Gasteiger partial charge >= 0.3 is 0 Å². The molecule has 38 heavy (non-hydrogen) atoms. The predicted molar refractivity (Wildman–Crippen MR) is 150 cm³/mol. The van der Waals surface area contributed by atoms with E-state index in [2.05, 4.69) is 29.2 Å². The van der Waals surface area contributed by atoms with E-state index in [0.29, 0.717) is 25.3 Å². The van der Waals surface area contributed by atoms with Gasteiger partial charge in [0.15, 0.2) is 0 Å². The second-order valence-electron chi connectivity index (χ2n) is 9.24. The van der Waals surface area contributed by atoms with Crippen molar-refractivity contribution < 1.29 is 17.9 Å². The van der Waals surface area contributed by atoms with Crippen molar-refractivity contribution in [3.63, 3.8) is 0 Å². The van der Waals surface area contributed by atoms with Gasteiger partial charge in [-0.1, -0.05) is 72.8 Å². The first-order valence-electron chi connectivity index (χ1n) is 12.9. The van der Waals surface area contributed by atoms with Gasteiger partial charge in [0.25, 0.3) is 0 Å². The Labute approximate surface area is 226 Å². The summed E-state index contributed by atoms with van der Waals surface area (Å²) in [6, 6.07) is 26.2. The highest BCUT2D eigenvalue weighted by molar-refractivity contribution is 7.89. The van der Waals surface area contributed by atoms with Crippen molar-refractivity contribution in [1.82, 2.24) is 14.1 Å². The van der Waals surface area contributed by atoms with Crippen LogP contribution in [0.5, 0.6) is 5.75 Å². The number of rotatable bonds is 11. The number of hydrogen-bond acceptors (Lipinski definition) is 5. The Bertz CT molecular complexity index is 1290. The molecule has 1 amide bonds. The molecular formula is C30H35N3O4S. The van der Waals surface area contributed by atoms with Gasteiger partial charge in [0.05, 0.1) is 18.6 Å². The molecule has 7 nitrogen and oxygen atoms in total. The minimum atomic E-state index is -3.87. The SMILES string of the molecule is COc1ccc(S(=O)(=O)N(CCc2ccccc2)CC(=O)N2CCN(C/C=C/c3ccccc3)CC2)cc1. The van der Waals surface area contributed by atoms with E-state index < -0.39 is 10.0 Å². The van der Waals surface area contributed by atoms with E-state index in [-0.39, 0.29) is 23.9 Å². The van der Waals surface area contributed by atoms with Crippen molar-refractivity contribution in [2.75, 3.05) is 52.9 Å². The molecule has 8 heteroatoms. The first-order valence-corrected chi connectivity index (χ1v) is 14.3. The maximum atomic E-state index is 13.6. The second kappa shape index (κ2) is 13.4. The molecule has 0 radical (unpaired) electrons. The molecule has 3 aromatic rings. The largest absolute Gasteiger partial charge is 0.497 e. The van der Waals surface area contributed by atoms with E-state index in [1.807, 2.05) is 48.5 Å². The summed E-state index contributed by atoms with van der Waals surface area (Å²) < 4.78 is 33.6. The van der Waals surface area contributed by atoms with Crippen LogP contribution in [0.4, 0.5) is 0 Å². The zero-order valence-electron chi connectivity index (χ0n) is 21.8. The zero-order valence-corrected chi connectivity index (χ0v) is 22.6. The van der Waals surface area contributed by atoms with Gasteiger partial charge < -0.3 is 9.64 Å². The number of hydrogen-bond donors (Lipinski definition) is 0. The van der Waals surface area contributed by atoms with Gasteiger partial charge in [0.2, 0.25) is 15.9 Å². The van der Waals surface area contributed by atoms with Gasteiger partial charge in [-0.25, -0.2) is 8.42 Å². The molecule has 1 aliphatic rings. The van der Waals surface area contributed by atoms with E-state index in [9.17, 15) is 13.2 Å². The maximum absolute atomic E-state index is 13.6. The highest BCUT2D eigenvalue weighted by Crippen LogP contribution is 2.20. The van der Waals surface area contributed by atoms with Crippen LogP contribution in [0.1, 0.15) is 11.1 Å². The molecule has 4 rings (SSSR count). The Hall–Kier alpha value is -3.46. The van der Waals surface area contributed by atoms with E-state index >= 15 is 0 Å². The number of ether oxygens (including phenoxy) is 1. The topological polar surface area (TPSA) is 70.2 Å². The van der Waals surface area contributed by atoms with Crippen LogP contribution >= 0.6 is 0 Å². The average Bonchev–Trinajstić information content (AvgIpc) is 2.96. The summed E-state index contributed by atoms with van der Waals surface area (Å²) in [6.45, 7) is 3.50.